The van der Waals surface area contributed by atoms with Crippen molar-refractivity contribution in [3.05, 3.63) is 41.9 Å². The highest BCUT2D eigenvalue weighted by Crippen LogP contribution is 2.21. The predicted octanol–water partition coefficient (Wildman–Crippen LogP) is 1.67. The third kappa shape index (κ3) is 7.82. The van der Waals surface area contributed by atoms with E-state index in [1.54, 1.807) is 6.07 Å². The van der Waals surface area contributed by atoms with E-state index < -0.39 is 16.1 Å². The number of sulfonamides is 1. The Hall–Kier alpha value is -3.00. The van der Waals surface area contributed by atoms with Gasteiger partial charge in [0.1, 0.15) is 18.1 Å². The van der Waals surface area contributed by atoms with E-state index in [1.807, 2.05) is 4.72 Å². The molecule has 1 aromatic carbocycles. The maximum absolute atomic E-state index is 12.9. The van der Waals surface area contributed by atoms with Gasteiger partial charge in [0.2, 0.25) is 5.95 Å². The van der Waals surface area contributed by atoms with Gasteiger partial charge in [-0.15, -0.1) is 11.6 Å². The van der Waals surface area contributed by atoms with E-state index in [4.69, 9.17) is 30.5 Å². The molecule has 0 aliphatic carbocycles. The van der Waals surface area contributed by atoms with Gasteiger partial charge >= 0.3 is 18.1 Å². The second kappa shape index (κ2) is 12.9. The van der Waals surface area contributed by atoms with Gasteiger partial charge in [-0.3, -0.25) is 4.90 Å². The average molecular weight is 502 g/mol. The molecular formula is C19H24ClN5O7S. The second-order valence-electron chi connectivity index (χ2n) is 6.12. The molecule has 14 heteroatoms. The number of benzene rings is 1. The van der Waals surface area contributed by atoms with Crippen LogP contribution >= 0.6 is 11.6 Å². The number of ether oxygens (including phenoxy) is 4. The van der Waals surface area contributed by atoms with Crippen LogP contribution in [0.1, 0.15) is 0 Å². The summed E-state index contributed by atoms with van der Waals surface area (Å²) in [6.45, 7) is 4.20. The molecule has 0 aliphatic heterocycles. The lowest BCUT2D eigenvalue weighted by atomic mass is 10.4. The van der Waals surface area contributed by atoms with E-state index >= 15 is 0 Å². The van der Waals surface area contributed by atoms with Gasteiger partial charge in [0.25, 0.3) is 10.0 Å². The second-order valence-corrected chi connectivity index (χ2v) is 8.18. The molecule has 0 radical (unpaired) electrons. The summed E-state index contributed by atoms with van der Waals surface area (Å²) in [7, 11) is -1.30. The fourth-order valence-electron chi connectivity index (χ4n) is 2.28. The third-order valence-electron chi connectivity index (χ3n) is 3.77. The SMILES string of the molecule is C=CCN(C(=O)NS(=O)(=O)c1ccccc1Cl)c1nc(OCCOC)nc(OCCOC)n1. The lowest BCUT2D eigenvalue weighted by Gasteiger charge is -2.20. The molecule has 0 atom stereocenters. The van der Waals surface area contributed by atoms with Gasteiger partial charge in [-0.1, -0.05) is 29.8 Å². The molecular weight excluding hydrogens is 478 g/mol. The van der Waals surface area contributed by atoms with Crippen molar-refractivity contribution in [1.82, 2.24) is 19.7 Å². The number of hydrogen-bond acceptors (Lipinski definition) is 10. The van der Waals surface area contributed by atoms with Crippen molar-refractivity contribution in [3.63, 3.8) is 0 Å². The summed E-state index contributed by atoms with van der Waals surface area (Å²) in [5, 5.41) is -0.0455. The highest BCUT2D eigenvalue weighted by atomic mass is 35.5. The van der Waals surface area contributed by atoms with Crippen molar-refractivity contribution in [2.24, 2.45) is 0 Å². The smallest absolute Gasteiger partial charge is 0.338 e. The fourth-order valence-corrected chi connectivity index (χ4v) is 3.76. The topological polar surface area (TPSA) is 142 Å². The minimum atomic E-state index is -4.29. The lowest BCUT2D eigenvalue weighted by Crippen LogP contribution is -2.44. The van der Waals surface area contributed by atoms with Crippen LogP contribution < -0.4 is 19.1 Å². The number of amides is 2. The van der Waals surface area contributed by atoms with Gasteiger partial charge in [0.15, 0.2) is 0 Å². The molecule has 0 bridgehead atoms. The molecule has 12 nitrogen and oxygen atoms in total. The highest BCUT2D eigenvalue weighted by molar-refractivity contribution is 7.90. The molecule has 0 fully saturated rings. The minimum absolute atomic E-state index is 0.0455. The Labute approximate surface area is 196 Å². The van der Waals surface area contributed by atoms with E-state index in [9.17, 15) is 13.2 Å². The first-order valence-electron chi connectivity index (χ1n) is 9.51. The Morgan fingerprint density at radius 1 is 1.06 bits per heavy atom. The number of carbonyl (C=O) groups is 1. The molecule has 1 N–H and O–H groups in total. The van der Waals surface area contributed by atoms with Crippen molar-refractivity contribution in [2.75, 3.05) is 52.1 Å². The van der Waals surface area contributed by atoms with Crippen molar-refractivity contribution in [2.45, 2.75) is 4.90 Å². The van der Waals surface area contributed by atoms with Gasteiger partial charge < -0.3 is 18.9 Å². The Balaban J connectivity index is 2.35. The first kappa shape index (κ1) is 26.3. The summed E-state index contributed by atoms with van der Waals surface area (Å²) in [5.41, 5.74) is 0. The summed E-state index contributed by atoms with van der Waals surface area (Å²) in [6.07, 6.45) is 1.36. The van der Waals surface area contributed by atoms with Crippen LogP contribution in [-0.4, -0.2) is 76.6 Å². The molecule has 180 valence electrons. The summed E-state index contributed by atoms with van der Waals surface area (Å²) < 4.78 is 48.0. The molecule has 0 saturated carbocycles. The molecule has 2 rings (SSSR count). The van der Waals surface area contributed by atoms with Crippen LogP contribution in [0.3, 0.4) is 0 Å². The van der Waals surface area contributed by atoms with Crippen LogP contribution in [0.4, 0.5) is 10.7 Å². The van der Waals surface area contributed by atoms with Gasteiger partial charge in [0, 0.05) is 20.8 Å². The van der Waals surface area contributed by atoms with Crippen LogP contribution in [-0.2, 0) is 19.5 Å². The molecule has 0 spiro atoms. The van der Waals surface area contributed by atoms with Crippen molar-refractivity contribution in [1.29, 1.82) is 0 Å². The maximum atomic E-state index is 12.9. The summed E-state index contributed by atoms with van der Waals surface area (Å²) in [6, 6.07) is 4.34. The number of hydrogen-bond donors (Lipinski definition) is 1. The number of rotatable bonds is 13. The van der Waals surface area contributed by atoms with E-state index in [-0.39, 0.29) is 60.9 Å². The molecule has 0 saturated heterocycles. The number of carbonyl (C=O) groups excluding carboxylic acids is 1. The van der Waals surface area contributed by atoms with Gasteiger partial charge in [-0.25, -0.2) is 17.9 Å². The molecule has 2 aromatic rings. The Morgan fingerprint density at radius 3 is 2.15 bits per heavy atom. The number of anilines is 1. The van der Waals surface area contributed by atoms with Gasteiger partial charge in [0.05, 0.1) is 18.2 Å². The number of aromatic nitrogens is 3. The standard InChI is InChI=1S/C19H24ClN5O7S/c1-4-9-25(19(26)24-33(27,28)15-8-6-5-7-14(15)20)16-21-17(31-12-10-29-2)23-18(22-16)32-13-11-30-3/h4-8H,1,9-13H2,2-3H3,(H,24,26). The number of methoxy groups -OCH3 is 2. The molecule has 0 unspecified atom stereocenters. The number of nitrogens with one attached hydrogen (secondary N) is 1. The molecule has 0 aliphatic rings. The van der Waals surface area contributed by atoms with Crippen LogP contribution in [0, 0.1) is 0 Å². The van der Waals surface area contributed by atoms with Crippen molar-refractivity contribution >= 4 is 33.6 Å². The van der Waals surface area contributed by atoms with E-state index in [2.05, 4.69) is 21.5 Å². The molecule has 2 amide bonds. The Morgan fingerprint density at radius 2 is 1.64 bits per heavy atom. The van der Waals surface area contributed by atoms with Gasteiger partial charge in [-0.2, -0.15) is 9.97 Å². The van der Waals surface area contributed by atoms with Crippen LogP contribution in [0.2, 0.25) is 5.02 Å². The zero-order valence-electron chi connectivity index (χ0n) is 18.1. The zero-order valence-corrected chi connectivity index (χ0v) is 19.6. The monoisotopic (exact) mass is 501 g/mol. The fraction of sp³-hybridized carbons (Fsp3) is 0.368. The quantitative estimate of drug-likeness (QED) is 0.318. The first-order valence-corrected chi connectivity index (χ1v) is 11.4. The van der Waals surface area contributed by atoms with E-state index in [0.29, 0.717) is 0 Å². The first-order chi connectivity index (χ1) is 15.8. The molecule has 1 aromatic heterocycles. The highest BCUT2D eigenvalue weighted by Gasteiger charge is 2.27. The molecule has 1 heterocycles. The number of urea groups is 1. The largest absolute Gasteiger partial charge is 0.461 e. The zero-order chi connectivity index (χ0) is 24.3. The maximum Gasteiger partial charge on any atom is 0.338 e. The van der Waals surface area contributed by atoms with Crippen LogP contribution in [0.25, 0.3) is 0 Å². The van der Waals surface area contributed by atoms with E-state index in [1.165, 1.54) is 38.5 Å². The van der Waals surface area contributed by atoms with E-state index in [0.717, 1.165) is 4.90 Å². The minimum Gasteiger partial charge on any atom is -0.461 e. The normalized spacial score (nSPS) is 11.0. The van der Waals surface area contributed by atoms with Crippen molar-refractivity contribution in [3.8, 4) is 12.0 Å². The predicted molar refractivity (Wildman–Crippen MR) is 119 cm³/mol. The Kier molecular flexibility index (Phi) is 10.3. The summed E-state index contributed by atoms with van der Waals surface area (Å²) >= 11 is 5.97. The van der Waals surface area contributed by atoms with Crippen LogP contribution in [0.15, 0.2) is 41.8 Å². The third-order valence-corrected chi connectivity index (χ3v) is 5.59. The summed E-state index contributed by atoms with van der Waals surface area (Å²) in [4.78, 5) is 25.7. The van der Waals surface area contributed by atoms with Crippen molar-refractivity contribution < 1.29 is 32.2 Å². The lowest BCUT2D eigenvalue weighted by molar-refractivity contribution is 0.132. The summed E-state index contributed by atoms with van der Waals surface area (Å²) in [5.74, 6) is -0.225. The number of nitrogens with zero attached hydrogens (tertiary/aromatic N) is 4. The average Bonchev–Trinajstić information content (AvgIpc) is 2.77. The van der Waals surface area contributed by atoms with Crippen LogP contribution in [0.5, 0.6) is 12.0 Å². The van der Waals surface area contributed by atoms with Gasteiger partial charge in [-0.05, 0) is 12.1 Å². The number of halogens is 1. The Bertz CT molecular complexity index is 1030. The molecule has 33 heavy (non-hydrogen) atoms.